The summed E-state index contributed by atoms with van der Waals surface area (Å²) in [5.74, 6) is 0. The molecule has 0 unspecified atom stereocenters. The van der Waals surface area contributed by atoms with E-state index in [4.69, 9.17) is 5.26 Å². The van der Waals surface area contributed by atoms with E-state index in [0.29, 0.717) is 16.1 Å². The predicted molar refractivity (Wildman–Crippen MR) is 65.3 cm³/mol. The Morgan fingerprint density at radius 1 is 1.53 bits per heavy atom. The van der Waals surface area contributed by atoms with Crippen LogP contribution in [0, 0.1) is 28.4 Å². The average Bonchev–Trinajstić information content (AvgIpc) is 2.61. The molecular weight excluding hydrogens is 238 g/mol. The zero-order valence-electron chi connectivity index (χ0n) is 9.30. The Morgan fingerprint density at radius 2 is 2.24 bits per heavy atom. The van der Waals surface area contributed by atoms with Crippen LogP contribution >= 0.6 is 11.8 Å². The smallest absolute Gasteiger partial charge is 0.301 e. The number of fused-ring (bicyclic) bond motifs is 1. The van der Waals surface area contributed by atoms with Gasteiger partial charge >= 0.3 is 5.69 Å². The summed E-state index contributed by atoms with van der Waals surface area (Å²) >= 11 is 1.22. The molecule has 0 aliphatic carbocycles. The van der Waals surface area contributed by atoms with Crippen molar-refractivity contribution in [2.24, 2.45) is 0 Å². The number of aromatic nitrogens is 1. The minimum absolute atomic E-state index is 0.00838. The van der Waals surface area contributed by atoms with Crippen LogP contribution in [0.5, 0.6) is 0 Å². The van der Waals surface area contributed by atoms with Gasteiger partial charge in [-0.1, -0.05) is 6.07 Å². The molecule has 0 fully saturated rings. The Hall–Kier alpha value is -2.00. The highest BCUT2D eigenvalue weighted by atomic mass is 32.2. The zero-order valence-corrected chi connectivity index (χ0v) is 10.1. The van der Waals surface area contributed by atoms with Crippen molar-refractivity contribution in [1.29, 1.82) is 5.26 Å². The van der Waals surface area contributed by atoms with Crippen LogP contribution in [0.2, 0.25) is 0 Å². The number of rotatable bonds is 2. The molecule has 0 saturated carbocycles. The van der Waals surface area contributed by atoms with Crippen LogP contribution in [-0.2, 0) is 0 Å². The van der Waals surface area contributed by atoms with E-state index in [1.807, 2.05) is 13.0 Å². The van der Waals surface area contributed by atoms with Crippen LogP contribution in [0.1, 0.15) is 11.3 Å². The van der Waals surface area contributed by atoms with Crippen molar-refractivity contribution in [3.05, 3.63) is 39.7 Å². The molecule has 0 N–H and O–H groups in total. The van der Waals surface area contributed by atoms with Gasteiger partial charge in [-0.3, -0.25) is 10.1 Å². The summed E-state index contributed by atoms with van der Waals surface area (Å²) in [5.41, 5.74) is 1.74. The van der Waals surface area contributed by atoms with Gasteiger partial charge in [0, 0.05) is 6.20 Å². The van der Waals surface area contributed by atoms with Gasteiger partial charge in [0.2, 0.25) is 0 Å². The Bertz CT molecular complexity index is 655. The van der Waals surface area contributed by atoms with Crippen molar-refractivity contribution in [2.75, 3.05) is 6.26 Å². The number of nitrogens with zero attached hydrogens (tertiary/aromatic N) is 3. The summed E-state index contributed by atoms with van der Waals surface area (Å²) in [6.07, 6.45) is 3.47. The summed E-state index contributed by atoms with van der Waals surface area (Å²) in [5, 5.41) is 20.2. The summed E-state index contributed by atoms with van der Waals surface area (Å²) < 4.78 is 1.58. The second kappa shape index (κ2) is 4.11. The maximum Gasteiger partial charge on any atom is 0.309 e. The van der Waals surface area contributed by atoms with E-state index in [-0.39, 0.29) is 5.69 Å². The van der Waals surface area contributed by atoms with E-state index < -0.39 is 4.92 Å². The van der Waals surface area contributed by atoms with E-state index >= 15 is 0 Å². The Balaban J connectivity index is 2.98. The summed E-state index contributed by atoms with van der Waals surface area (Å²) in [7, 11) is 0. The van der Waals surface area contributed by atoms with Crippen molar-refractivity contribution in [2.45, 2.75) is 11.8 Å². The third-order valence-corrected chi connectivity index (χ3v) is 3.30. The van der Waals surface area contributed by atoms with Gasteiger partial charge in [0.15, 0.2) is 0 Å². The molecule has 2 rings (SSSR count). The summed E-state index contributed by atoms with van der Waals surface area (Å²) in [4.78, 5) is 11.1. The van der Waals surface area contributed by atoms with Gasteiger partial charge in [-0.2, -0.15) is 5.26 Å². The Labute approximate surface area is 102 Å². The number of hydrogen-bond donors (Lipinski definition) is 0. The lowest BCUT2D eigenvalue weighted by Crippen LogP contribution is -1.90. The van der Waals surface area contributed by atoms with Crippen LogP contribution in [0.3, 0.4) is 0 Å². The van der Waals surface area contributed by atoms with Crippen molar-refractivity contribution in [3.8, 4) is 6.07 Å². The molecule has 2 aromatic heterocycles. The van der Waals surface area contributed by atoms with Gasteiger partial charge in [0.25, 0.3) is 0 Å². The molecule has 2 heterocycles. The fraction of sp³-hybridized carbons (Fsp3) is 0.182. The Kier molecular flexibility index (Phi) is 2.77. The molecule has 0 spiro atoms. The normalized spacial score (nSPS) is 10.4. The van der Waals surface area contributed by atoms with Gasteiger partial charge in [-0.25, -0.2) is 0 Å². The maximum atomic E-state index is 11.1. The minimum atomic E-state index is -0.433. The highest BCUT2D eigenvalue weighted by Crippen LogP contribution is 2.37. The first-order valence-corrected chi connectivity index (χ1v) is 6.05. The van der Waals surface area contributed by atoms with Crippen LogP contribution < -0.4 is 0 Å². The van der Waals surface area contributed by atoms with Gasteiger partial charge in [0.1, 0.15) is 22.2 Å². The summed E-state index contributed by atoms with van der Waals surface area (Å²) in [6.45, 7) is 1.88. The van der Waals surface area contributed by atoms with Crippen LogP contribution in [0.25, 0.3) is 5.52 Å². The SMILES string of the molecule is CSc1c([N+](=O)[O-])c2ccc(C)cn2c1C#N. The van der Waals surface area contributed by atoms with Gasteiger partial charge in [0.05, 0.1) is 4.92 Å². The molecule has 0 saturated heterocycles. The van der Waals surface area contributed by atoms with E-state index in [1.165, 1.54) is 11.8 Å². The van der Waals surface area contributed by atoms with Crippen molar-refractivity contribution >= 4 is 23.0 Å². The predicted octanol–water partition coefficient (Wildman–Crippen LogP) is 2.75. The average molecular weight is 247 g/mol. The largest absolute Gasteiger partial charge is 0.309 e. The number of nitriles is 1. The van der Waals surface area contributed by atoms with Crippen molar-refractivity contribution in [3.63, 3.8) is 0 Å². The second-order valence-electron chi connectivity index (χ2n) is 3.56. The molecule has 0 atom stereocenters. The zero-order chi connectivity index (χ0) is 12.6. The molecule has 0 radical (unpaired) electrons. The lowest BCUT2D eigenvalue weighted by Gasteiger charge is -1.96. The van der Waals surface area contributed by atoms with E-state index in [1.54, 1.807) is 29.0 Å². The maximum absolute atomic E-state index is 11.1. The highest BCUT2D eigenvalue weighted by molar-refractivity contribution is 7.98. The number of hydrogen-bond acceptors (Lipinski definition) is 4. The molecule has 0 amide bonds. The van der Waals surface area contributed by atoms with Crippen molar-refractivity contribution in [1.82, 2.24) is 4.40 Å². The van der Waals surface area contributed by atoms with Crippen LogP contribution in [0.15, 0.2) is 23.2 Å². The molecular formula is C11H9N3O2S. The first-order chi connectivity index (χ1) is 8.10. The topological polar surface area (TPSA) is 71.3 Å². The quantitative estimate of drug-likeness (QED) is 0.464. The third kappa shape index (κ3) is 1.65. The van der Waals surface area contributed by atoms with Gasteiger partial charge in [-0.15, -0.1) is 11.8 Å². The van der Waals surface area contributed by atoms with Crippen LogP contribution in [-0.4, -0.2) is 15.6 Å². The fourth-order valence-electron chi connectivity index (χ4n) is 1.80. The number of nitro groups is 1. The highest BCUT2D eigenvalue weighted by Gasteiger charge is 2.26. The number of thioether (sulfide) groups is 1. The third-order valence-electron chi connectivity index (χ3n) is 2.50. The number of aryl methyl sites for hydroxylation is 1. The molecule has 6 heteroatoms. The first kappa shape index (κ1) is 11.5. The minimum Gasteiger partial charge on any atom is -0.301 e. The lowest BCUT2D eigenvalue weighted by atomic mass is 10.3. The second-order valence-corrected chi connectivity index (χ2v) is 4.38. The lowest BCUT2D eigenvalue weighted by molar-refractivity contribution is -0.385. The standard InChI is InChI=1S/C11H9N3O2S/c1-7-3-4-8-10(14(15)16)11(17-2)9(5-12)13(8)6-7/h3-4,6H,1-2H3. The first-order valence-electron chi connectivity index (χ1n) is 4.83. The fourth-order valence-corrected chi connectivity index (χ4v) is 2.51. The molecule has 0 bridgehead atoms. The molecule has 86 valence electrons. The Morgan fingerprint density at radius 3 is 2.76 bits per heavy atom. The number of pyridine rings is 1. The molecule has 0 aliphatic rings. The van der Waals surface area contributed by atoms with Crippen LogP contribution in [0.4, 0.5) is 5.69 Å². The van der Waals surface area contributed by atoms with E-state index in [0.717, 1.165) is 5.56 Å². The van der Waals surface area contributed by atoms with E-state index in [9.17, 15) is 10.1 Å². The summed E-state index contributed by atoms with van der Waals surface area (Å²) in [6, 6.07) is 5.50. The monoisotopic (exact) mass is 247 g/mol. The van der Waals surface area contributed by atoms with Crippen molar-refractivity contribution < 1.29 is 4.92 Å². The molecule has 0 aliphatic heterocycles. The van der Waals surface area contributed by atoms with Gasteiger partial charge in [-0.05, 0) is 24.8 Å². The molecule has 2 aromatic rings. The molecule has 17 heavy (non-hydrogen) atoms. The van der Waals surface area contributed by atoms with E-state index in [2.05, 4.69) is 0 Å². The molecule has 0 aromatic carbocycles. The molecule has 5 nitrogen and oxygen atoms in total. The van der Waals surface area contributed by atoms with Gasteiger partial charge < -0.3 is 4.40 Å².